The van der Waals surface area contributed by atoms with Crippen LogP contribution in [-0.2, 0) is 4.74 Å². The zero-order valence-corrected chi connectivity index (χ0v) is 13.3. The van der Waals surface area contributed by atoms with E-state index in [9.17, 15) is 0 Å². The quantitative estimate of drug-likeness (QED) is 0.831. The summed E-state index contributed by atoms with van der Waals surface area (Å²) in [4.78, 5) is 1.43. The van der Waals surface area contributed by atoms with Crippen LogP contribution in [0.25, 0.3) is 0 Å². The molecule has 0 unspecified atom stereocenters. The Morgan fingerprint density at radius 1 is 1.29 bits per heavy atom. The molecule has 0 aliphatic carbocycles. The minimum absolute atomic E-state index is 0.257. The number of fused-ring (bicyclic) bond motifs is 3. The molecule has 1 aromatic carbocycles. The predicted octanol–water partition coefficient (Wildman–Crippen LogP) is 5.12. The Bertz CT molecular complexity index is 635. The number of rotatable bonds is 2. The van der Waals surface area contributed by atoms with Crippen LogP contribution in [0.4, 0.5) is 5.69 Å². The van der Waals surface area contributed by atoms with Gasteiger partial charge in [-0.25, -0.2) is 0 Å². The summed E-state index contributed by atoms with van der Waals surface area (Å²) in [6.07, 6.45) is 1.40. The molecule has 2 nitrogen and oxygen atoms in total. The molecule has 0 spiro atoms. The van der Waals surface area contributed by atoms with E-state index >= 15 is 0 Å². The summed E-state index contributed by atoms with van der Waals surface area (Å²) in [7, 11) is 0. The summed E-state index contributed by atoms with van der Waals surface area (Å²) in [6, 6.07) is 11.6. The SMILES string of the molecule is CC(C)c1ccc2c(c1)[C@@H]1OCC[C@H]1[C@@H](c1cccs1)N2. The van der Waals surface area contributed by atoms with E-state index in [1.54, 1.807) is 0 Å². The molecular weight excluding hydrogens is 278 g/mol. The second-order valence-corrected chi connectivity index (χ2v) is 7.36. The number of nitrogens with one attached hydrogen (secondary N) is 1. The highest BCUT2D eigenvalue weighted by Crippen LogP contribution is 2.50. The number of benzene rings is 1. The Balaban J connectivity index is 1.77. The molecule has 2 aliphatic heterocycles. The lowest BCUT2D eigenvalue weighted by atomic mass is 9.82. The van der Waals surface area contributed by atoms with Gasteiger partial charge in [0.25, 0.3) is 0 Å². The highest BCUT2D eigenvalue weighted by atomic mass is 32.1. The summed E-state index contributed by atoms with van der Waals surface area (Å²) in [5.74, 6) is 1.11. The first kappa shape index (κ1) is 13.4. The molecule has 1 saturated heterocycles. The van der Waals surface area contributed by atoms with Gasteiger partial charge in [0.2, 0.25) is 0 Å². The molecule has 1 N–H and O–H groups in total. The predicted molar refractivity (Wildman–Crippen MR) is 88.0 cm³/mol. The van der Waals surface area contributed by atoms with Crippen molar-refractivity contribution >= 4 is 17.0 Å². The monoisotopic (exact) mass is 299 g/mol. The number of hydrogen-bond donors (Lipinski definition) is 1. The summed E-state index contributed by atoms with van der Waals surface area (Å²) in [5, 5.41) is 5.93. The van der Waals surface area contributed by atoms with E-state index in [1.807, 2.05) is 11.3 Å². The Morgan fingerprint density at radius 2 is 2.19 bits per heavy atom. The zero-order valence-electron chi connectivity index (χ0n) is 12.5. The van der Waals surface area contributed by atoms with E-state index in [0.717, 1.165) is 13.0 Å². The number of thiophene rings is 1. The van der Waals surface area contributed by atoms with Gasteiger partial charge in [0.05, 0.1) is 12.1 Å². The second-order valence-electron chi connectivity index (χ2n) is 6.38. The van der Waals surface area contributed by atoms with Crippen LogP contribution in [0.5, 0.6) is 0 Å². The lowest BCUT2D eigenvalue weighted by Crippen LogP contribution is -2.28. The maximum atomic E-state index is 6.11. The highest BCUT2D eigenvalue weighted by molar-refractivity contribution is 7.10. The summed E-state index contributed by atoms with van der Waals surface area (Å²) in [6.45, 7) is 5.38. The van der Waals surface area contributed by atoms with E-state index < -0.39 is 0 Å². The zero-order chi connectivity index (χ0) is 14.4. The van der Waals surface area contributed by atoms with Crippen molar-refractivity contribution in [3.8, 4) is 0 Å². The lowest BCUT2D eigenvalue weighted by Gasteiger charge is -2.36. The van der Waals surface area contributed by atoms with E-state index in [2.05, 4.69) is 54.9 Å². The highest BCUT2D eigenvalue weighted by Gasteiger charge is 2.41. The van der Waals surface area contributed by atoms with Crippen molar-refractivity contribution in [2.75, 3.05) is 11.9 Å². The normalized spacial score (nSPS) is 27.3. The maximum Gasteiger partial charge on any atom is 0.0897 e. The largest absolute Gasteiger partial charge is 0.377 e. The van der Waals surface area contributed by atoms with Crippen LogP contribution >= 0.6 is 11.3 Å². The van der Waals surface area contributed by atoms with Gasteiger partial charge in [-0.2, -0.15) is 0 Å². The van der Waals surface area contributed by atoms with Crippen LogP contribution in [0.2, 0.25) is 0 Å². The first-order valence-corrected chi connectivity index (χ1v) is 8.67. The molecule has 4 rings (SSSR count). The van der Waals surface area contributed by atoms with Crippen LogP contribution in [0.1, 0.15) is 54.3 Å². The third kappa shape index (κ3) is 2.19. The van der Waals surface area contributed by atoms with Crippen molar-refractivity contribution in [1.82, 2.24) is 0 Å². The first-order chi connectivity index (χ1) is 10.2. The minimum atomic E-state index is 0.257. The number of hydrogen-bond acceptors (Lipinski definition) is 3. The molecule has 1 fully saturated rings. The van der Waals surface area contributed by atoms with Gasteiger partial charge in [-0.1, -0.05) is 32.0 Å². The van der Waals surface area contributed by atoms with Gasteiger partial charge in [0.15, 0.2) is 0 Å². The van der Waals surface area contributed by atoms with Crippen molar-refractivity contribution in [2.24, 2.45) is 5.92 Å². The maximum absolute atomic E-state index is 6.11. The second kappa shape index (κ2) is 5.15. The molecule has 3 heterocycles. The molecule has 2 aliphatic rings. The van der Waals surface area contributed by atoms with Crippen LogP contribution in [0.3, 0.4) is 0 Å². The molecule has 2 aromatic rings. The summed E-state index contributed by atoms with van der Waals surface area (Å²) in [5.41, 5.74) is 4.01. The van der Waals surface area contributed by atoms with Gasteiger partial charge in [-0.15, -0.1) is 11.3 Å². The van der Waals surface area contributed by atoms with Crippen LogP contribution in [0.15, 0.2) is 35.7 Å². The van der Waals surface area contributed by atoms with Gasteiger partial charge < -0.3 is 10.1 Å². The first-order valence-electron chi connectivity index (χ1n) is 7.79. The fourth-order valence-corrected chi connectivity index (χ4v) is 4.45. The third-order valence-electron chi connectivity index (χ3n) is 4.78. The molecule has 21 heavy (non-hydrogen) atoms. The molecule has 3 heteroatoms. The van der Waals surface area contributed by atoms with Crippen molar-refractivity contribution < 1.29 is 4.74 Å². The van der Waals surface area contributed by atoms with Gasteiger partial charge in [-0.3, -0.25) is 0 Å². The summed E-state index contributed by atoms with van der Waals surface area (Å²) < 4.78 is 6.11. The van der Waals surface area contributed by atoms with Crippen LogP contribution in [-0.4, -0.2) is 6.61 Å². The average Bonchev–Trinajstić information content (AvgIpc) is 3.17. The van der Waals surface area contributed by atoms with E-state index in [0.29, 0.717) is 17.9 Å². The van der Waals surface area contributed by atoms with Crippen molar-refractivity contribution in [3.05, 3.63) is 51.7 Å². The number of anilines is 1. The molecule has 1 aromatic heterocycles. The van der Waals surface area contributed by atoms with E-state index in [4.69, 9.17) is 4.74 Å². The fraction of sp³-hybridized carbons (Fsp3) is 0.444. The molecule has 110 valence electrons. The molecule has 0 amide bonds. The Hall–Kier alpha value is -1.32. The fourth-order valence-electron chi connectivity index (χ4n) is 3.60. The Morgan fingerprint density at radius 3 is 2.95 bits per heavy atom. The van der Waals surface area contributed by atoms with Crippen LogP contribution < -0.4 is 5.32 Å². The average molecular weight is 299 g/mol. The Labute approximate surface area is 130 Å². The van der Waals surface area contributed by atoms with Crippen molar-refractivity contribution in [2.45, 2.75) is 38.3 Å². The topological polar surface area (TPSA) is 21.3 Å². The Kier molecular flexibility index (Phi) is 3.27. The lowest BCUT2D eigenvalue weighted by molar-refractivity contribution is 0.0831. The standard InChI is InChI=1S/C18H21NOS/c1-11(2)12-5-6-15-14(10-12)18-13(7-8-20-18)17(19-15)16-4-3-9-21-16/h3-6,9-11,13,17-19H,7-8H2,1-2H3/t13-,17-,18+/m0/s1. The van der Waals surface area contributed by atoms with Crippen LogP contribution in [0, 0.1) is 5.92 Å². The van der Waals surface area contributed by atoms with Gasteiger partial charge >= 0.3 is 0 Å². The van der Waals surface area contributed by atoms with Crippen molar-refractivity contribution in [1.29, 1.82) is 0 Å². The molecular formula is C18H21NOS. The molecule has 0 bridgehead atoms. The smallest absolute Gasteiger partial charge is 0.0897 e. The van der Waals surface area contributed by atoms with Gasteiger partial charge in [0.1, 0.15) is 0 Å². The van der Waals surface area contributed by atoms with Crippen molar-refractivity contribution in [3.63, 3.8) is 0 Å². The van der Waals surface area contributed by atoms with E-state index in [1.165, 1.54) is 21.7 Å². The minimum Gasteiger partial charge on any atom is -0.377 e. The number of ether oxygens (including phenoxy) is 1. The van der Waals surface area contributed by atoms with E-state index in [-0.39, 0.29) is 6.10 Å². The molecule has 3 atom stereocenters. The molecule has 0 radical (unpaired) electrons. The third-order valence-corrected chi connectivity index (χ3v) is 5.73. The van der Waals surface area contributed by atoms with Gasteiger partial charge in [0, 0.05) is 28.7 Å². The van der Waals surface area contributed by atoms with Gasteiger partial charge in [-0.05, 0) is 35.4 Å². The molecule has 0 saturated carbocycles. The summed E-state index contributed by atoms with van der Waals surface area (Å²) >= 11 is 1.84.